The summed E-state index contributed by atoms with van der Waals surface area (Å²) in [6.07, 6.45) is 2.16. The lowest BCUT2D eigenvalue weighted by Gasteiger charge is -2.08. The molecule has 3 N–H and O–H groups in total. The lowest BCUT2D eigenvalue weighted by Crippen LogP contribution is -2.34. The summed E-state index contributed by atoms with van der Waals surface area (Å²) >= 11 is 0. The van der Waals surface area contributed by atoms with Crippen LogP contribution in [0.1, 0.15) is 12.8 Å². The number of ether oxygens (including phenoxy) is 3. The van der Waals surface area contributed by atoms with Gasteiger partial charge in [0.15, 0.2) is 5.96 Å². The number of guanidine groups is 1. The number of hydrogen-bond acceptors (Lipinski definition) is 4. The molecule has 0 aromatic carbocycles. The number of methoxy groups -OCH3 is 1. The van der Waals surface area contributed by atoms with Crippen molar-refractivity contribution in [3.63, 3.8) is 0 Å². The smallest absolute Gasteiger partial charge is 0.188 e. The highest BCUT2D eigenvalue weighted by Crippen LogP contribution is 2.07. The average Bonchev–Trinajstić information content (AvgIpc) is 2.82. The van der Waals surface area contributed by atoms with Gasteiger partial charge in [-0.15, -0.1) is 0 Å². The van der Waals surface area contributed by atoms with Gasteiger partial charge >= 0.3 is 0 Å². The normalized spacial score (nSPS) is 20.8. The zero-order valence-corrected chi connectivity index (χ0v) is 10.5. The highest BCUT2D eigenvalue weighted by Gasteiger charge is 2.14. The number of hydrogen-bond donors (Lipinski definition) is 2. The molecule has 1 atom stereocenters. The van der Waals surface area contributed by atoms with Crippen molar-refractivity contribution >= 4 is 5.96 Å². The predicted octanol–water partition coefficient (Wildman–Crippen LogP) is -0.267. The molecule has 6 nitrogen and oxygen atoms in total. The standard InChI is InChI=1S/C11H23N3O3/c1-15-8-5-14-11(12)13-4-2-6-17-10-3-7-16-9-10/h10H,2-9H2,1H3,(H3,12,13,14). The molecule has 0 aliphatic carbocycles. The molecule has 0 amide bonds. The van der Waals surface area contributed by atoms with Crippen molar-refractivity contribution in [2.24, 2.45) is 10.7 Å². The van der Waals surface area contributed by atoms with Gasteiger partial charge in [-0.05, 0) is 12.8 Å². The largest absolute Gasteiger partial charge is 0.383 e. The molecule has 0 bridgehead atoms. The van der Waals surface area contributed by atoms with Crippen LogP contribution in [-0.4, -0.2) is 58.7 Å². The molecule has 1 heterocycles. The fourth-order valence-corrected chi connectivity index (χ4v) is 1.50. The van der Waals surface area contributed by atoms with Gasteiger partial charge in [0.1, 0.15) is 0 Å². The maximum absolute atomic E-state index is 5.64. The van der Waals surface area contributed by atoms with Crippen LogP contribution >= 0.6 is 0 Å². The zero-order valence-electron chi connectivity index (χ0n) is 10.5. The van der Waals surface area contributed by atoms with Crippen molar-refractivity contribution in [1.82, 2.24) is 5.32 Å². The fourth-order valence-electron chi connectivity index (χ4n) is 1.50. The molecule has 0 radical (unpaired) electrons. The van der Waals surface area contributed by atoms with E-state index >= 15 is 0 Å². The van der Waals surface area contributed by atoms with Crippen LogP contribution in [-0.2, 0) is 14.2 Å². The first-order chi connectivity index (χ1) is 8.33. The minimum absolute atomic E-state index is 0.274. The average molecular weight is 245 g/mol. The van der Waals surface area contributed by atoms with Crippen LogP contribution in [0.5, 0.6) is 0 Å². The Morgan fingerprint density at radius 2 is 2.41 bits per heavy atom. The zero-order chi connectivity index (χ0) is 12.3. The van der Waals surface area contributed by atoms with Gasteiger partial charge in [-0.2, -0.15) is 0 Å². The second kappa shape index (κ2) is 9.21. The lowest BCUT2D eigenvalue weighted by molar-refractivity contribution is 0.0424. The summed E-state index contributed by atoms with van der Waals surface area (Å²) < 4.78 is 15.7. The van der Waals surface area contributed by atoms with Gasteiger partial charge in [-0.3, -0.25) is 4.99 Å². The molecule has 1 unspecified atom stereocenters. The Kier molecular flexibility index (Phi) is 7.70. The molecule has 0 spiro atoms. The first-order valence-corrected chi connectivity index (χ1v) is 6.05. The Hall–Kier alpha value is -0.850. The van der Waals surface area contributed by atoms with Crippen LogP contribution in [0.3, 0.4) is 0 Å². The minimum Gasteiger partial charge on any atom is -0.383 e. The van der Waals surface area contributed by atoms with E-state index in [1.807, 2.05) is 0 Å². The van der Waals surface area contributed by atoms with Gasteiger partial charge in [-0.25, -0.2) is 0 Å². The molecule has 17 heavy (non-hydrogen) atoms. The Balaban J connectivity index is 1.92. The van der Waals surface area contributed by atoms with Crippen molar-refractivity contribution in [2.45, 2.75) is 18.9 Å². The summed E-state index contributed by atoms with van der Waals surface area (Å²) in [6.45, 7) is 4.24. The van der Waals surface area contributed by atoms with E-state index in [1.165, 1.54) is 0 Å². The highest BCUT2D eigenvalue weighted by atomic mass is 16.5. The minimum atomic E-state index is 0.274. The van der Waals surface area contributed by atoms with Crippen LogP contribution < -0.4 is 11.1 Å². The fraction of sp³-hybridized carbons (Fsp3) is 0.909. The second-order valence-corrected chi connectivity index (χ2v) is 3.90. The van der Waals surface area contributed by atoms with Crippen molar-refractivity contribution in [2.75, 3.05) is 46.6 Å². The third kappa shape index (κ3) is 7.14. The second-order valence-electron chi connectivity index (χ2n) is 3.90. The van der Waals surface area contributed by atoms with Gasteiger partial charge in [-0.1, -0.05) is 0 Å². The van der Waals surface area contributed by atoms with E-state index in [2.05, 4.69) is 10.3 Å². The molecule has 1 aliphatic rings. The Morgan fingerprint density at radius 1 is 1.53 bits per heavy atom. The molecule has 0 aromatic heterocycles. The van der Waals surface area contributed by atoms with E-state index in [0.29, 0.717) is 32.3 Å². The number of nitrogens with zero attached hydrogens (tertiary/aromatic N) is 1. The maximum atomic E-state index is 5.64. The quantitative estimate of drug-likeness (QED) is 0.350. The maximum Gasteiger partial charge on any atom is 0.188 e. The first-order valence-electron chi connectivity index (χ1n) is 6.05. The molecule has 1 aliphatic heterocycles. The molecule has 0 saturated carbocycles. The summed E-state index contributed by atoms with van der Waals surface area (Å²) in [5.74, 6) is 0.464. The number of aliphatic imine (C=N–C) groups is 1. The van der Waals surface area contributed by atoms with Crippen molar-refractivity contribution in [1.29, 1.82) is 0 Å². The van der Waals surface area contributed by atoms with Gasteiger partial charge < -0.3 is 25.3 Å². The highest BCUT2D eigenvalue weighted by molar-refractivity contribution is 5.77. The van der Waals surface area contributed by atoms with Crippen LogP contribution in [0.2, 0.25) is 0 Å². The Bertz CT molecular complexity index is 218. The molecule has 6 heteroatoms. The van der Waals surface area contributed by atoms with E-state index in [1.54, 1.807) is 7.11 Å². The van der Waals surface area contributed by atoms with E-state index in [-0.39, 0.29) is 6.10 Å². The van der Waals surface area contributed by atoms with Gasteiger partial charge in [0.25, 0.3) is 0 Å². The van der Waals surface area contributed by atoms with E-state index in [0.717, 1.165) is 26.1 Å². The lowest BCUT2D eigenvalue weighted by atomic mass is 10.3. The molecular formula is C11H23N3O3. The molecule has 0 aromatic rings. The Labute approximate surface area is 103 Å². The van der Waals surface area contributed by atoms with E-state index in [4.69, 9.17) is 19.9 Å². The van der Waals surface area contributed by atoms with Crippen LogP contribution in [0.25, 0.3) is 0 Å². The van der Waals surface area contributed by atoms with Crippen molar-refractivity contribution in [3.8, 4) is 0 Å². The first kappa shape index (κ1) is 14.2. The summed E-state index contributed by atoms with van der Waals surface area (Å²) in [7, 11) is 1.65. The van der Waals surface area contributed by atoms with Crippen molar-refractivity contribution < 1.29 is 14.2 Å². The summed E-state index contributed by atoms with van der Waals surface area (Å²) in [4.78, 5) is 4.18. The van der Waals surface area contributed by atoms with E-state index < -0.39 is 0 Å². The van der Waals surface area contributed by atoms with Crippen LogP contribution in [0, 0.1) is 0 Å². The number of nitrogens with two attached hydrogens (primary N) is 1. The number of rotatable bonds is 8. The molecule has 100 valence electrons. The summed E-state index contributed by atoms with van der Waals surface area (Å²) in [6, 6.07) is 0. The summed E-state index contributed by atoms with van der Waals surface area (Å²) in [5.41, 5.74) is 5.64. The molecule has 1 saturated heterocycles. The van der Waals surface area contributed by atoms with Gasteiger partial charge in [0.05, 0.1) is 19.3 Å². The topological polar surface area (TPSA) is 78.1 Å². The monoisotopic (exact) mass is 245 g/mol. The van der Waals surface area contributed by atoms with Gasteiger partial charge in [0.2, 0.25) is 0 Å². The predicted molar refractivity (Wildman–Crippen MR) is 66.2 cm³/mol. The SMILES string of the molecule is COCCNC(N)=NCCCOC1CCOC1. The molecular weight excluding hydrogens is 222 g/mol. The summed E-state index contributed by atoms with van der Waals surface area (Å²) in [5, 5.41) is 2.96. The Morgan fingerprint density at radius 3 is 3.12 bits per heavy atom. The van der Waals surface area contributed by atoms with Crippen LogP contribution in [0.15, 0.2) is 4.99 Å². The van der Waals surface area contributed by atoms with Gasteiger partial charge in [0, 0.05) is 33.4 Å². The third-order valence-electron chi connectivity index (χ3n) is 2.44. The molecule has 1 fully saturated rings. The van der Waals surface area contributed by atoms with E-state index in [9.17, 15) is 0 Å². The van der Waals surface area contributed by atoms with Crippen LogP contribution in [0.4, 0.5) is 0 Å². The van der Waals surface area contributed by atoms with Crippen molar-refractivity contribution in [3.05, 3.63) is 0 Å². The third-order valence-corrected chi connectivity index (χ3v) is 2.44. The molecule has 1 rings (SSSR count). The number of nitrogens with one attached hydrogen (secondary N) is 1.